The van der Waals surface area contributed by atoms with E-state index in [-0.39, 0.29) is 11.9 Å². The van der Waals surface area contributed by atoms with E-state index in [9.17, 15) is 4.79 Å². The first-order chi connectivity index (χ1) is 6.97. The molecule has 0 bridgehead atoms. The van der Waals surface area contributed by atoms with Crippen molar-refractivity contribution in [1.29, 1.82) is 0 Å². The van der Waals surface area contributed by atoms with Crippen LogP contribution in [0.1, 0.15) is 27.2 Å². The largest absolute Gasteiger partial charge is 0.369 e. The molecule has 0 radical (unpaired) electrons. The van der Waals surface area contributed by atoms with Crippen LogP contribution in [0.15, 0.2) is 0 Å². The van der Waals surface area contributed by atoms with E-state index in [0.717, 1.165) is 19.5 Å². The van der Waals surface area contributed by atoms with E-state index >= 15 is 0 Å². The minimum absolute atomic E-state index is 0.0376. The van der Waals surface area contributed by atoms with E-state index in [4.69, 9.17) is 4.74 Å². The molecule has 0 aromatic rings. The molecule has 4 nitrogen and oxygen atoms in total. The number of rotatable bonds is 4. The highest BCUT2D eigenvalue weighted by Gasteiger charge is 2.30. The van der Waals surface area contributed by atoms with Gasteiger partial charge in [-0.15, -0.1) is 0 Å². The molecule has 0 aromatic heterocycles. The summed E-state index contributed by atoms with van der Waals surface area (Å²) in [5, 5.41) is 6.31. The molecule has 1 aliphatic rings. The summed E-state index contributed by atoms with van der Waals surface area (Å²) >= 11 is 0. The predicted molar refractivity (Wildman–Crippen MR) is 59.7 cm³/mol. The van der Waals surface area contributed by atoms with Crippen LogP contribution in [0.5, 0.6) is 0 Å². The van der Waals surface area contributed by atoms with Crippen molar-refractivity contribution < 1.29 is 9.53 Å². The molecule has 0 aromatic carbocycles. The van der Waals surface area contributed by atoms with Crippen molar-refractivity contribution in [2.24, 2.45) is 5.92 Å². The molecule has 1 amide bonds. The molecule has 4 heteroatoms. The minimum Gasteiger partial charge on any atom is -0.369 e. The van der Waals surface area contributed by atoms with Crippen molar-refractivity contribution in [3.63, 3.8) is 0 Å². The zero-order chi connectivity index (χ0) is 11.5. The van der Waals surface area contributed by atoms with Gasteiger partial charge in [0, 0.05) is 13.2 Å². The second-order valence-electron chi connectivity index (χ2n) is 4.73. The highest BCUT2D eigenvalue weighted by Crippen LogP contribution is 2.14. The summed E-state index contributed by atoms with van der Waals surface area (Å²) < 4.78 is 5.14. The van der Waals surface area contributed by atoms with Crippen LogP contribution in [-0.4, -0.2) is 37.7 Å². The maximum atomic E-state index is 11.8. The second-order valence-corrected chi connectivity index (χ2v) is 4.73. The van der Waals surface area contributed by atoms with E-state index in [1.807, 2.05) is 0 Å². The fourth-order valence-corrected chi connectivity index (χ4v) is 1.69. The van der Waals surface area contributed by atoms with Crippen molar-refractivity contribution in [3.05, 3.63) is 0 Å². The summed E-state index contributed by atoms with van der Waals surface area (Å²) in [5.74, 6) is 0.506. The molecule has 1 fully saturated rings. The fourth-order valence-electron chi connectivity index (χ4n) is 1.69. The standard InChI is InChI=1S/C11H22N2O2/c1-8(9-5-6-12-7-9)13-10(14)11(2,3)15-4/h8-9,12H,5-7H2,1-4H3,(H,13,14). The van der Waals surface area contributed by atoms with Gasteiger partial charge < -0.3 is 15.4 Å². The smallest absolute Gasteiger partial charge is 0.251 e. The first kappa shape index (κ1) is 12.5. The molecule has 1 heterocycles. The van der Waals surface area contributed by atoms with Crippen LogP contribution in [-0.2, 0) is 9.53 Å². The topological polar surface area (TPSA) is 50.4 Å². The lowest BCUT2D eigenvalue weighted by atomic mass is 9.99. The zero-order valence-electron chi connectivity index (χ0n) is 10.1. The molecule has 15 heavy (non-hydrogen) atoms. The minimum atomic E-state index is -0.736. The predicted octanol–water partition coefficient (Wildman–Crippen LogP) is 0.526. The van der Waals surface area contributed by atoms with Crippen molar-refractivity contribution in [2.75, 3.05) is 20.2 Å². The lowest BCUT2D eigenvalue weighted by Gasteiger charge is -2.27. The number of methoxy groups -OCH3 is 1. The summed E-state index contributed by atoms with van der Waals surface area (Å²) in [6.07, 6.45) is 1.13. The first-order valence-electron chi connectivity index (χ1n) is 5.54. The van der Waals surface area contributed by atoms with Gasteiger partial charge in [0.1, 0.15) is 5.60 Å². The summed E-state index contributed by atoms with van der Waals surface area (Å²) in [4.78, 5) is 11.8. The number of carbonyl (C=O) groups excluding carboxylic acids is 1. The Balaban J connectivity index is 2.43. The third-order valence-electron chi connectivity index (χ3n) is 3.22. The zero-order valence-corrected chi connectivity index (χ0v) is 10.1. The number of ether oxygens (including phenoxy) is 1. The second kappa shape index (κ2) is 4.94. The number of carbonyl (C=O) groups is 1. The van der Waals surface area contributed by atoms with Gasteiger partial charge in [-0.1, -0.05) is 0 Å². The van der Waals surface area contributed by atoms with Crippen LogP contribution in [0.3, 0.4) is 0 Å². The van der Waals surface area contributed by atoms with E-state index in [0.29, 0.717) is 5.92 Å². The normalized spacial score (nSPS) is 23.9. The Bertz CT molecular complexity index is 223. The van der Waals surface area contributed by atoms with Crippen LogP contribution < -0.4 is 10.6 Å². The van der Waals surface area contributed by atoms with Gasteiger partial charge in [-0.2, -0.15) is 0 Å². The molecular formula is C11H22N2O2. The Kier molecular flexibility index (Phi) is 4.11. The van der Waals surface area contributed by atoms with E-state index in [1.165, 1.54) is 0 Å². The lowest BCUT2D eigenvalue weighted by Crippen LogP contribution is -2.49. The SMILES string of the molecule is COC(C)(C)C(=O)NC(C)C1CCNC1. The number of hydrogen-bond acceptors (Lipinski definition) is 3. The highest BCUT2D eigenvalue weighted by atomic mass is 16.5. The van der Waals surface area contributed by atoms with Gasteiger partial charge >= 0.3 is 0 Å². The fraction of sp³-hybridized carbons (Fsp3) is 0.909. The molecular weight excluding hydrogens is 192 g/mol. The first-order valence-corrected chi connectivity index (χ1v) is 5.54. The van der Waals surface area contributed by atoms with Crippen molar-refractivity contribution >= 4 is 5.91 Å². The Hall–Kier alpha value is -0.610. The Morgan fingerprint density at radius 3 is 2.73 bits per heavy atom. The average Bonchev–Trinajstić information content (AvgIpc) is 2.70. The molecule has 1 aliphatic heterocycles. The van der Waals surface area contributed by atoms with E-state index < -0.39 is 5.60 Å². The van der Waals surface area contributed by atoms with Crippen molar-refractivity contribution in [3.8, 4) is 0 Å². The van der Waals surface area contributed by atoms with Gasteiger partial charge in [-0.25, -0.2) is 0 Å². The molecule has 88 valence electrons. The number of nitrogens with one attached hydrogen (secondary N) is 2. The van der Waals surface area contributed by atoms with Crippen LogP contribution in [0.4, 0.5) is 0 Å². The third-order valence-corrected chi connectivity index (χ3v) is 3.22. The van der Waals surface area contributed by atoms with Gasteiger partial charge in [-0.05, 0) is 46.2 Å². The number of hydrogen-bond donors (Lipinski definition) is 2. The van der Waals surface area contributed by atoms with E-state index in [2.05, 4.69) is 17.6 Å². The Morgan fingerprint density at radius 2 is 2.27 bits per heavy atom. The molecule has 1 rings (SSSR count). The quantitative estimate of drug-likeness (QED) is 0.717. The van der Waals surface area contributed by atoms with Gasteiger partial charge in [0.15, 0.2) is 0 Å². The summed E-state index contributed by atoms with van der Waals surface area (Å²) in [5.41, 5.74) is -0.736. The van der Waals surface area contributed by atoms with Crippen molar-refractivity contribution in [1.82, 2.24) is 10.6 Å². The number of amides is 1. The van der Waals surface area contributed by atoms with Crippen LogP contribution in [0.25, 0.3) is 0 Å². The van der Waals surface area contributed by atoms with Gasteiger partial charge in [-0.3, -0.25) is 4.79 Å². The highest BCUT2D eigenvalue weighted by molar-refractivity contribution is 5.84. The third kappa shape index (κ3) is 3.18. The molecule has 0 spiro atoms. The molecule has 1 saturated heterocycles. The summed E-state index contributed by atoms with van der Waals surface area (Å²) in [6.45, 7) is 7.67. The van der Waals surface area contributed by atoms with Gasteiger partial charge in [0.05, 0.1) is 0 Å². The van der Waals surface area contributed by atoms with E-state index in [1.54, 1.807) is 21.0 Å². The molecule has 2 N–H and O–H groups in total. The Morgan fingerprint density at radius 1 is 1.60 bits per heavy atom. The Labute approximate surface area is 91.8 Å². The molecule has 0 saturated carbocycles. The van der Waals surface area contributed by atoms with Crippen LogP contribution >= 0.6 is 0 Å². The maximum absolute atomic E-state index is 11.8. The molecule has 0 aliphatic carbocycles. The van der Waals surface area contributed by atoms with Gasteiger partial charge in [0.2, 0.25) is 0 Å². The summed E-state index contributed by atoms with van der Waals surface area (Å²) in [7, 11) is 1.56. The van der Waals surface area contributed by atoms with Crippen LogP contribution in [0.2, 0.25) is 0 Å². The lowest BCUT2D eigenvalue weighted by molar-refractivity contribution is -0.140. The molecule has 2 unspecified atom stereocenters. The molecule has 2 atom stereocenters. The van der Waals surface area contributed by atoms with Gasteiger partial charge in [0.25, 0.3) is 5.91 Å². The average molecular weight is 214 g/mol. The maximum Gasteiger partial charge on any atom is 0.251 e. The summed E-state index contributed by atoms with van der Waals surface area (Å²) in [6, 6.07) is 0.210. The monoisotopic (exact) mass is 214 g/mol. The van der Waals surface area contributed by atoms with Crippen LogP contribution in [0, 0.1) is 5.92 Å². The van der Waals surface area contributed by atoms with Crippen molar-refractivity contribution in [2.45, 2.75) is 38.8 Å².